The molecule has 0 aliphatic carbocycles. The molecule has 0 bridgehead atoms. The quantitative estimate of drug-likeness (QED) is 0.848. The summed E-state index contributed by atoms with van der Waals surface area (Å²) in [5, 5.41) is 12.8. The number of rotatable bonds is 6. The van der Waals surface area contributed by atoms with Gasteiger partial charge >= 0.3 is 0 Å². The van der Waals surface area contributed by atoms with E-state index in [4.69, 9.17) is 4.74 Å². The lowest BCUT2D eigenvalue weighted by Gasteiger charge is -2.17. The monoisotopic (exact) mass is 272 g/mol. The van der Waals surface area contributed by atoms with Gasteiger partial charge in [0.05, 0.1) is 19.3 Å². The van der Waals surface area contributed by atoms with Crippen LogP contribution in [-0.4, -0.2) is 16.7 Å². The van der Waals surface area contributed by atoms with Crippen molar-refractivity contribution >= 4 is 5.69 Å². The summed E-state index contributed by atoms with van der Waals surface area (Å²) in [6.07, 6.45) is 3.61. The minimum Gasteiger partial charge on any atom is -0.494 e. The van der Waals surface area contributed by atoms with E-state index in [-0.39, 0.29) is 12.6 Å². The standard InChI is InChI=1S/C16H20N2O2/c1-3-20-16-7-6-15(9-14(16)11-19)18-12(2)13-5-4-8-17-10-13/h4-10,12,18-19H,3,11H2,1-2H3. The lowest BCUT2D eigenvalue weighted by molar-refractivity contribution is 0.267. The zero-order valence-corrected chi connectivity index (χ0v) is 11.8. The fraction of sp³-hybridized carbons (Fsp3) is 0.312. The molecular formula is C16H20N2O2. The first-order valence-electron chi connectivity index (χ1n) is 6.77. The third-order valence-corrected chi connectivity index (χ3v) is 3.10. The van der Waals surface area contributed by atoms with E-state index in [0.29, 0.717) is 6.61 Å². The number of anilines is 1. The summed E-state index contributed by atoms with van der Waals surface area (Å²) in [6.45, 7) is 4.56. The molecular weight excluding hydrogens is 252 g/mol. The number of aliphatic hydroxyl groups is 1. The van der Waals surface area contributed by atoms with Gasteiger partial charge in [-0.1, -0.05) is 6.07 Å². The summed E-state index contributed by atoms with van der Waals surface area (Å²) in [6, 6.07) is 9.85. The maximum Gasteiger partial charge on any atom is 0.124 e. The highest BCUT2D eigenvalue weighted by Crippen LogP contribution is 2.25. The molecule has 0 saturated carbocycles. The molecule has 0 saturated heterocycles. The lowest BCUT2D eigenvalue weighted by Crippen LogP contribution is -2.07. The van der Waals surface area contributed by atoms with Gasteiger partial charge in [-0.2, -0.15) is 0 Å². The van der Waals surface area contributed by atoms with Gasteiger partial charge in [0, 0.05) is 23.6 Å². The molecule has 106 valence electrons. The molecule has 20 heavy (non-hydrogen) atoms. The Hall–Kier alpha value is -2.07. The Morgan fingerprint density at radius 2 is 2.20 bits per heavy atom. The number of nitrogens with zero attached hydrogens (tertiary/aromatic N) is 1. The Morgan fingerprint density at radius 1 is 1.35 bits per heavy atom. The molecule has 2 aromatic rings. The van der Waals surface area contributed by atoms with Gasteiger partial charge in [0.2, 0.25) is 0 Å². The van der Waals surface area contributed by atoms with Gasteiger partial charge < -0.3 is 15.2 Å². The van der Waals surface area contributed by atoms with Crippen molar-refractivity contribution in [2.75, 3.05) is 11.9 Å². The van der Waals surface area contributed by atoms with Crippen molar-refractivity contribution in [1.29, 1.82) is 0 Å². The van der Waals surface area contributed by atoms with Crippen molar-refractivity contribution in [3.63, 3.8) is 0 Å². The van der Waals surface area contributed by atoms with Crippen molar-refractivity contribution in [1.82, 2.24) is 4.98 Å². The highest BCUT2D eigenvalue weighted by molar-refractivity contribution is 5.52. The number of nitrogens with one attached hydrogen (secondary N) is 1. The first kappa shape index (κ1) is 14.3. The summed E-state index contributed by atoms with van der Waals surface area (Å²) in [5.74, 6) is 0.731. The molecule has 1 atom stereocenters. The van der Waals surface area contributed by atoms with Gasteiger partial charge in [0.25, 0.3) is 0 Å². The van der Waals surface area contributed by atoms with Crippen LogP contribution in [0.5, 0.6) is 5.75 Å². The van der Waals surface area contributed by atoms with Crippen LogP contribution in [0.25, 0.3) is 0 Å². The minimum absolute atomic E-state index is 0.0356. The highest BCUT2D eigenvalue weighted by Gasteiger charge is 2.08. The Balaban J connectivity index is 2.13. The Bertz CT molecular complexity index is 543. The van der Waals surface area contributed by atoms with Crippen LogP contribution < -0.4 is 10.1 Å². The first-order valence-corrected chi connectivity index (χ1v) is 6.77. The second-order valence-corrected chi connectivity index (χ2v) is 4.57. The molecule has 1 aromatic heterocycles. The normalized spacial score (nSPS) is 11.9. The summed E-state index contributed by atoms with van der Waals surface area (Å²) >= 11 is 0. The Kier molecular flexibility index (Phi) is 4.96. The zero-order valence-electron chi connectivity index (χ0n) is 11.8. The molecule has 2 N–H and O–H groups in total. The summed E-state index contributed by atoms with van der Waals surface area (Å²) in [4.78, 5) is 4.12. The summed E-state index contributed by atoms with van der Waals surface area (Å²) < 4.78 is 5.47. The van der Waals surface area contributed by atoms with E-state index < -0.39 is 0 Å². The van der Waals surface area contributed by atoms with Crippen LogP contribution in [-0.2, 0) is 6.61 Å². The Labute approximate surface area is 119 Å². The number of pyridine rings is 1. The molecule has 4 heteroatoms. The molecule has 1 aromatic carbocycles. The van der Waals surface area contributed by atoms with Gasteiger partial charge in [-0.15, -0.1) is 0 Å². The van der Waals surface area contributed by atoms with E-state index in [1.807, 2.05) is 43.5 Å². The van der Waals surface area contributed by atoms with Gasteiger partial charge in [0.15, 0.2) is 0 Å². The number of hydrogen-bond donors (Lipinski definition) is 2. The molecule has 0 amide bonds. The van der Waals surface area contributed by atoms with Crippen LogP contribution in [0, 0.1) is 0 Å². The number of benzene rings is 1. The number of aromatic nitrogens is 1. The second-order valence-electron chi connectivity index (χ2n) is 4.57. The zero-order chi connectivity index (χ0) is 14.4. The molecule has 1 heterocycles. The SMILES string of the molecule is CCOc1ccc(NC(C)c2cccnc2)cc1CO. The summed E-state index contributed by atoms with van der Waals surface area (Å²) in [5.41, 5.74) is 2.86. The third kappa shape index (κ3) is 3.48. The lowest BCUT2D eigenvalue weighted by atomic mass is 10.1. The average Bonchev–Trinajstić information content (AvgIpc) is 2.50. The Morgan fingerprint density at radius 3 is 2.85 bits per heavy atom. The van der Waals surface area contributed by atoms with Crippen LogP contribution in [0.3, 0.4) is 0 Å². The van der Waals surface area contributed by atoms with Crippen LogP contribution in [0.1, 0.15) is 31.0 Å². The molecule has 0 radical (unpaired) electrons. The smallest absolute Gasteiger partial charge is 0.124 e. The minimum atomic E-state index is -0.0356. The predicted molar refractivity (Wildman–Crippen MR) is 79.8 cm³/mol. The maximum atomic E-state index is 9.40. The fourth-order valence-corrected chi connectivity index (χ4v) is 2.05. The van der Waals surface area contributed by atoms with Crippen molar-refractivity contribution in [2.24, 2.45) is 0 Å². The number of ether oxygens (including phenoxy) is 1. The van der Waals surface area contributed by atoms with Crippen molar-refractivity contribution in [3.05, 3.63) is 53.9 Å². The molecule has 1 unspecified atom stereocenters. The van der Waals surface area contributed by atoms with Crippen LogP contribution in [0.15, 0.2) is 42.7 Å². The van der Waals surface area contributed by atoms with E-state index in [1.54, 1.807) is 6.20 Å². The highest BCUT2D eigenvalue weighted by atomic mass is 16.5. The van der Waals surface area contributed by atoms with Crippen molar-refractivity contribution in [3.8, 4) is 5.75 Å². The van der Waals surface area contributed by atoms with Crippen LogP contribution >= 0.6 is 0 Å². The van der Waals surface area contributed by atoms with Crippen LogP contribution in [0.2, 0.25) is 0 Å². The first-order chi connectivity index (χ1) is 9.74. The van der Waals surface area contributed by atoms with E-state index in [2.05, 4.69) is 17.2 Å². The van der Waals surface area contributed by atoms with E-state index in [9.17, 15) is 5.11 Å². The molecule has 0 aliphatic heterocycles. The van der Waals surface area contributed by atoms with E-state index in [0.717, 1.165) is 22.6 Å². The van der Waals surface area contributed by atoms with Crippen molar-refractivity contribution < 1.29 is 9.84 Å². The van der Waals surface area contributed by atoms with Crippen LogP contribution in [0.4, 0.5) is 5.69 Å². The molecule has 0 aliphatic rings. The largest absolute Gasteiger partial charge is 0.494 e. The molecule has 4 nitrogen and oxygen atoms in total. The maximum absolute atomic E-state index is 9.40. The predicted octanol–water partition coefficient (Wildman–Crippen LogP) is 3.15. The van der Waals surface area contributed by atoms with E-state index in [1.165, 1.54) is 0 Å². The molecule has 2 rings (SSSR count). The van der Waals surface area contributed by atoms with E-state index >= 15 is 0 Å². The summed E-state index contributed by atoms with van der Waals surface area (Å²) in [7, 11) is 0. The molecule has 0 fully saturated rings. The number of hydrogen-bond acceptors (Lipinski definition) is 4. The topological polar surface area (TPSA) is 54.4 Å². The molecule has 0 spiro atoms. The van der Waals surface area contributed by atoms with Gasteiger partial charge in [0.1, 0.15) is 5.75 Å². The van der Waals surface area contributed by atoms with Gasteiger partial charge in [-0.05, 0) is 43.7 Å². The second kappa shape index (κ2) is 6.91. The van der Waals surface area contributed by atoms with Gasteiger partial charge in [-0.3, -0.25) is 4.98 Å². The fourth-order valence-electron chi connectivity index (χ4n) is 2.05. The number of aliphatic hydroxyl groups excluding tert-OH is 1. The van der Waals surface area contributed by atoms with Crippen molar-refractivity contribution in [2.45, 2.75) is 26.5 Å². The van der Waals surface area contributed by atoms with Gasteiger partial charge in [-0.25, -0.2) is 0 Å². The third-order valence-electron chi connectivity index (χ3n) is 3.10. The average molecular weight is 272 g/mol.